The van der Waals surface area contributed by atoms with Gasteiger partial charge < -0.3 is 10.2 Å². The maximum Gasteiger partial charge on any atom is 0.164 e. The van der Waals surface area contributed by atoms with Crippen molar-refractivity contribution < 1.29 is 12.8 Å². The summed E-state index contributed by atoms with van der Waals surface area (Å²) in [4.78, 5) is 16.1. The van der Waals surface area contributed by atoms with Crippen molar-refractivity contribution in [3.8, 4) is 11.4 Å². The number of hydrogen-bond donors (Lipinski definition) is 1. The molecule has 3 aromatic heterocycles. The fourth-order valence-electron chi connectivity index (χ4n) is 5.72. The van der Waals surface area contributed by atoms with Gasteiger partial charge in [0.25, 0.3) is 0 Å². The minimum absolute atomic E-state index is 0.113. The minimum Gasteiger partial charge on any atom is -0.368 e. The molecule has 1 saturated heterocycles. The Balaban J connectivity index is 1.24. The molecule has 1 aliphatic heterocycles. The lowest BCUT2D eigenvalue weighted by atomic mass is 9.88. The van der Waals surface area contributed by atoms with Gasteiger partial charge in [-0.1, -0.05) is 38.1 Å². The van der Waals surface area contributed by atoms with Crippen LogP contribution in [-0.2, 0) is 16.4 Å². The number of nitrogens with one attached hydrogen (secondary N) is 1. The van der Waals surface area contributed by atoms with Gasteiger partial charge in [-0.25, -0.2) is 27.8 Å². The standard InChI is InChI=1S/C32H34FN7O2S/c1-20(2)25-9-10-29(40-18-24(21(40)3)19-43(4,41)42)27-15-35-31(13-26(25)27)37-30-11-12-34-32(38-30)23-14-36-39(17-23)16-22-7-5-6-8-28(22)33/h5-15,17,20-21,24H,16,18-19H2,1-4H3,(H,34,35,37,38)/t21-,24-/m1/s1. The van der Waals surface area contributed by atoms with Crippen LogP contribution in [0.1, 0.15) is 37.8 Å². The second kappa shape index (κ2) is 11.4. The third-order valence-corrected chi connectivity index (χ3v) is 9.09. The smallest absolute Gasteiger partial charge is 0.164 e. The molecule has 2 atom stereocenters. The van der Waals surface area contributed by atoms with Gasteiger partial charge in [-0.2, -0.15) is 5.10 Å². The molecule has 0 spiro atoms. The SMILES string of the molecule is CC(C)c1ccc(N2C[C@H](CS(C)(=O)=O)[C@H]2C)c2cnc(Nc3ccnc(-c4cnn(Cc5ccccc5F)c4)n3)cc12. The number of hydrogen-bond acceptors (Lipinski definition) is 8. The Labute approximate surface area is 250 Å². The summed E-state index contributed by atoms with van der Waals surface area (Å²) in [6, 6.07) is 14.9. The molecule has 1 aliphatic rings. The van der Waals surface area contributed by atoms with Crippen molar-refractivity contribution in [2.45, 2.75) is 39.3 Å². The Morgan fingerprint density at radius 2 is 1.86 bits per heavy atom. The van der Waals surface area contributed by atoms with Crippen LogP contribution >= 0.6 is 0 Å². The molecule has 4 heterocycles. The van der Waals surface area contributed by atoms with E-state index in [1.807, 2.05) is 12.3 Å². The first-order valence-corrected chi connectivity index (χ1v) is 16.3. The van der Waals surface area contributed by atoms with E-state index in [0.717, 1.165) is 22.0 Å². The molecule has 1 fully saturated rings. The molecule has 0 aliphatic carbocycles. The van der Waals surface area contributed by atoms with Crippen molar-refractivity contribution in [3.63, 3.8) is 0 Å². The lowest BCUT2D eigenvalue weighted by Gasteiger charge is -2.48. The van der Waals surface area contributed by atoms with Crippen molar-refractivity contribution in [2.24, 2.45) is 5.92 Å². The van der Waals surface area contributed by atoms with Gasteiger partial charge in [0.05, 0.1) is 24.1 Å². The van der Waals surface area contributed by atoms with Crippen molar-refractivity contribution >= 4 is 37.9 Å². The van der Waals surface area contributed by atoms with Crippen LogP contribution in [0.3, 0.4) is 0 Å². The highest BCUT2D eigenvalue weighted by Crippen LogP contribution is 2.39. The molecule has 6 rings (SSSR count). The molecule has 43 heavy (non-hydrogen) atoms. The molecule has 9 nitrogen and oxygen atoms in total. The number of sulfone groups is 1. The molecule has 11 heteroatoms. The summed E-state index contributed by atoms with van der Waals surface area (Å²) < 4.78 is 39.5. The summed E-state index contributed by atoms with van der Waals surface area (Å²) in [6.45, 7) is 7.42. The highest BCUT2D eigenvalue weighted by Gasteiger charge is 2.38. The summed E-state index contributed by atoms with van der Waals surface area (Å²) >= 11 is 0. The number of fused-ring (bicyclic) bond motifs is 1. The zero-order valence-corrected chi connectivity index (χ0v) is 25.4. The van der Waals surface area contributed by atoms with E-state index in [1.165, 1.54) is 17.9 Å². The van der Waals surface area contributed by atoms with E-state index in [9.17, 15) is 12.8 Å². The van der Waals surface area contributed by atoms with Crippen molar-refractivity contribution in [3.05, 3.63) is 90.3 Å². The molecular formula is C32H34FN7O2S. The number of halogens is 1. The maximum absolute atomic E-state index is 14.1. The first-order valence-electron chi connectivity index (χ1n) is 14.3. The largest absolute Gasteiger partial charge is 0.368 e. The van der Waals surface area contributed by atoms with Gasteiger partial charge in [0.1, 0.15) is 27.3 Å². The van der Waals surface area contributed by atoms with Crippen molar-refractivity contribution in [2.75, 3.05) is 28.8 Å². The molecule has 5 aromatic rings. The average Bonchev–Trinajstić information content (AvgIpc) is 3.44. The lowest BCUT2D eigenvalue weighted by molar-refractivity contribution is 0.342. The number of benzene rings is 2. The molecule has 0 unspecified atom stereocenters. The van der Waals surface area contributed by atoms with Crippen LogP contribution in [0.15, 0.2) is 73.3 Å². The summed E-state index contributed by atoms with van der Waals surface area (Å²) in [5.74, 6) is 2.07. The van der Waals surface area contributed by atoms with Gasteiger partial charge in [0.2, 0.25) is 0 Å². The zero-order valence-electron chi connectivity index (χ0n) is 24.6. The highest BCUT2D eigenvalue weighted by atomic mass is 32.2. The van der Waals surface area contributed by atoms with Gasteiger partial charge in [0, 0.05) is 60.0 Å². The molecule has 222 valence electrons. The van der Waals surface area contributed by atoms with Crippen LogP contribution in [-0.4, -0.2) is 57.7 Å². The predicted molar refractivity (Wildman–Crippen MR) is 168 cm³/mol. The number of rotatable bonds is 9. The van der Waals surface area contributed by atoms with Gasteiger partial charge in [-0.3, -0.25) is 4.68 Å². The molecule has 1 N–H and O–H groups in total. The Hall–Kier alpha value is -4.38. The molecule has 2 aromatic carbocycles. The minimum atomic E-state index is -3.03. The predicted octanol–water partition coefficient (Wildman–Crippen LogP) is 5.81. The number of aromatic nitrogens is 5. The normalized spacial score (nSPS) is 16.9. The number of pyridine rings is 1. The molecular weight excluding hydrogens is 565 g/mol. The first kappa shape index (κ1) is 28.7. The van der Waals surface area contributed by atoms with E-state index in [0.29, 0.717) is 42.0 Å². The van der Waals surface area contributed by atoms with E-state index < -0.39 is 9.84 Å². The van der Waals surface area contributed by atoms with Crippen LogP contribution in [0.4, 0.5) is 21.7 Å². The van der Waals surface area contributed by atoms with Gasteiger partial charge >= 0.3 is 0 Å². The second-order valence-corrected chi connectivity index (χ2v) is 13.8. The van der Waals surface area contributed by atoms with Crippen LogP contribution in [0.5, 0.6) is 0 Å². The Morgan fingerprint density at radius 1 is 1.05 bits per heavy atom. The van der Waals surface area contributed by atoms with Crippen LogP contribution < -0.4 is 10.2 Å². The van der Waals surface area contributed by atoms with Crippen molar-refractivity contribution in [1.82, 2.24) is 24.7 Å². The van der Waals surface area contributed by atoms with E-state index in [4.69, 9.17) is 4.98 Å². The topological polar surface area (TPSA) is 106 Å². The monoisotopic (exact) mass is 599 g/mol. The van der Waals surface area contributed by atoms with Crippen LogP contribution in [0.25, 0.3) is 22.2 Å². The van der Waals surface area contributed by atoms with E-state index in [-0.39, 0.29) is 23.5 Å². The van der Waals surface area contributed by atoms with Gasteiger partial charge in [0.15, 0.2) is 5.82 Å². The summed E-state index contributed by atoms with van der Waals surface area (Å²) in [7, 11) is -3.03. The maximum atomic E-state index is 14.1. The van der Waals surface area contributed by atoms with Crippen LogP contribution in [0.2, 0.25) is 0 Å². The fraction of sp³-hybridized carbons (Fsp3) is 0.312. The number of nitrogens with zero attached hydrogens (tertiary/aromatic N) is 6. The second-order valence-electron chi connectivity index (χ2n) is 11.6. The molecule has 0 amide bonds. The van der Waals surface area contributed by atoms with Gasteiger partial charge in [-0.05, 0) is 48.1 Å². The van der Waals surface area contributed by atoms with Gasteiger partial charge in [-0.15, -0.1) is 0 Å². The van der Waals surface area contributed by atoms with Crippen molar-refractivity contribution in [1.29, 1.82) is 0 Å². The molecule has 0 bridgehead atoms. The van der Waals surface area contributed by atoms with E-state index >= 15 is 0 Å². The van der Waals surface area contributed by atoms with E-state index in [1.54, 1.807) is 47.5 Å². The summed E-state index contributed by atoms with van der Waals surface area (Å²) in [5.41, 5.74) is 3.54. The first-order chi connectivity index (χ1) is 20.6. The quantitative estimate of drug-likeness (QED) is 0.226. The number of anilines is 3. The van der Waals surface area contributed by atoms with Crippen LogP contribution in [0, 0.1) is 11.7 Å². The fourth-order valence-corrected chi connectivity index (χ4v) is 6.88. The van der Waals surface area contributed by atoms with E-state index in [2.05, 4.69) is 58.2 Å². The zero-order chi connectivity index (χ0) is 30.3. The molecule has 0 radical (unpaired) electrons. The third kappa shape index (κ3) is 6.08. The summed E-state index contributed by atoms with van der Waals surface area (Å²) in [6.07, 6.45) is 8.32. The Kier molecular flexibility index (Phi) is 7.59. The third-order valence-electron chi connectivity index (χ3n) is 8.06. The lowest BCUT2D eigenvalue weighted by Crippen LogP contribution is -2.57. The summed E-state index contributed by atoms with van der Waals surface area (Å²) in [5, 5.41) is 9.82. The highest BCUT2D eigenvalue weighted by molar-refractivity contribution is 7.90. The molecule has 0 saturated carbocycles. The Bertz CT molecular complexity index is 1910. The average molecular weight is 600 g/mol. The Morgan fingerprint density at radius 3 is 2.60 bits per heavy atom.